The summed E-state index contributed by atoms with van der Waals surface area (Å²) in [5, 5.41) is 9.89. The van der Waals surface area contributed by atoms with Crippen LogP contribution in [0.25, 0.3) is 0 Å². The summed E-state index contributed by atoms with van der Waals surface area (Å²) < 4.78 is 5.49. The number of ether oxygens (including phenoxy) is 1. The zero-order valence-electron chi connectivity index (χ0n) is 10.1. The van der Waals surface area contributed by atoms with Gasteiger partial charge in [0.2, 0.25) is 0 Å². The lowest BCUT2D eigenvalue weighted by Crippen LogP contribution is -2.32. The van der Waals surface area contributed by atoms with Gasteiger partial charge in [-0.25, -0.2) is 0 Å². The van der Waals surface area contributed by atoms with Crippen molar-refractivity contribution in [2.24, 2.45) is 0 Å². The molecule has 0 bridgehead atoms. The number of aromatic hydroxyl groups is 1. The van der Waals surface area contributed by atoms with Gasteiger partial charge in [-0.15, -0.1) is 0 Å². The van der Waals surface area contributed by atoms with Crippen LogP contribution in [0.4, 0.5) is 0 Å². The van der Waals surface area contributed by atoms with Crippen LogP contribution in [0.5, 0.6) is 11.5 Å². The van der Waals surface area contributed by atoms with E-state index < -0.39 is 5.41 Å². The summed E-state index contributed by atoms with van der Waals surface area (Å²) in [5.74, 6) is 0.268. The van der Waals surface area contributed by atoms with E-state index in [1.54, 1.807) is 18.2 Å². The number of carbonyl (C=O) groups is 2. The molecule has 2 aliphatic rings. The van der Waals surface area contributed by atoms with E-state index in [-0.39, 0.29) is 11.5 Å². The average molecular weight is 256 g/mol. The smallest absolute Gasteiger partial charge is 0.178 e. The summed E-state index contributed by atoms with van der Waals surface area (Å²) in [6.07, 6.45) is 7.92. The number of rotatable bonds is 1. The summed E-state index contributed by atoms with van der Waals surface area (Å²) in [6.45, 7) is 0.422. The maximum Gasteiger partial charge on any atom is 0.178 e. The first kappa shape index (κ1) is 11.7. The maximum absolute atomic E-state index is 11.3. The van der Waals surface area contributed by atoms with E-state index in [1.165, 1.54) is 18.2 Å². The minimum Gasteiger partial charge on any atom is -0.504 e. The normalized spacial score (nSPS) is 19.1. The van der Waals surface area contributed by atoms with Crippen LogP contribution in [-0.4, -0.2) is 23.8 Å². The van der Waals surface area contributed by atoms with Gasteiger partial charge in [-0.2, -0.15) is 0 Å². The summed E-state index contributed by atoms with van der Waals surface area (Å²) in [4.78, 5) is 22.5. The predicted molar refractivity (Wildman–Crippen MR) is 68.6 cm³/mol. The van der Waals surface area contributed by atoms with Gasteiger partial charge in [-0.1, -0.05) is 12.2 Å². The number of allylic oxidation sites excluding steroid dienone is 4. The molecule has 0 fully saturated rings. The van der Waals surface area contributed by atoms with Gasteiger partial charge >= 0.3 is 0 Å². The van der Waals surface area contributed by atoms with Crippen LogP contribution in [0.1, 0.15) is 22.3 Å². The number of hydrogen-bond acceptors (Lipinski definition) is 4. The van der Waals surface area contributed by atoms with Crippen LogP contribution in [-0.2, 0) is 10.2 Å². The average Bonchev–Trinajstić information content (AvgIpc) is 2.44. The Balaban J connectivity index is 2.27. The maximum atomic E-state index is 11.3. The fraction of sp³-hybridized carbons (Fsp3) is 0.200. The Kier molecular flexibility index (Phi) is 2.52. The van der Waals surface area contributed by atoms with E-state index in [0.717, 1.165) is 6.29 Å². The lowest BCUT2D eigenvalue weighted by Gasteiger charge is -2.36. The molecule has 1 heterocycles. The van der Waals surface area contributed by atoms with Gasteiger partial charge in [0.25, 0.3) is 0 Å². The topological polar surface area (TPSA) is 63.6 Å². The molecule has 96 valence electrons. The molecule has 0 saturated heterocycles. The molecule has 1 aliphatic heterocycles. The van der Waals surface area contributed by atoms with Crippen molar-refractivity contribution < 1.29 is 19.4 Å². The van der Waals surface area contributed by atoms with Crippen LogP contribution in [0.15, 0.2) is 36.4 Å². The molecular weight excluding hydrogens is 244 g/mol. The highest BCUT2D eigenvalue weighted by atomic mass is 16.5. The van der Waals surface area contributed by atoms with E-state index >= 15 is 0 Å². The van der Waals surface area contributed by atoms with Gasteiger partial charge in [0.15, 0.2) is 23.6 Å². The standard InChI is InChI=1S/C15H12O4/c16-9-10-1-2-12(18)14-13(10)15(7-8-19-14)5-3-11(17)4-6-15/h1-6,9,18H,7-8H2. The Morgan fingerprint density at radius 2 is 2.00 bits per heavy atom. The quantitative estimate of drug-likeness (QED) is 0.780. The molecule has 0 saturated carbocycles. The van der Waals surface area contributed by atoms with Crippen molar-refractivity contribution in [3.05, 3.63) is 47.6 Å². The third-order valence-electron chi connectivity index (χ3n) is 3.61. The first-order valence-electron chi connectivity index (χ1n) is 6.03. The Hall–Kier alpha value is -2.36. The first-order chi connectivity index (χ1) is 9.16. The van der Waals surface area contributed by atoms with Crippen molar-refractivity contribution in [2.45, 2.75) is 11.8 Å². The number of fused-ring (bicyclic) bond motifs is 2. The molecule has 4 nitrogen and oxygen atoms in total. The van der Waals surface area contributed by atoms with Crippen LogP contribution in [0.2, 0.25) is 0 Å². The zero-order chi connectivity index (χ0) is 13.5. The molecule has 1 aromatic rings. The lowest BCUT2D eigenvalue weighted by atomic mass is 9.72. The first-order valence-corrected chi connectivity index (χ1v) is 6.03. The van der Waals surface area contributed by atoms with E-state index in [0.29, 0.717) is 29.9 Å². The molecule has 1 N–H and O–H groups in total. The van der Waals surface area contributed by atoms with E-state index in [2.05, 4.69) is 0 Å². The number of ketones is 1. The highest BCUT2D eigenvalue weighted by Crippen LogP contribution is 2.47. The Labute approximate surface area is 110 Å². The second-order valence-electron chi connectivity index (χ2n) is 4.70. The van der Waals surface area contributed by atoms with Crippen molar-refractivity contribution >= 4 is 12.1 Å². The van der Waals surface area contributed by atoms with E-state index in [1.807, 2.05) is 0 Å². The molecule has 0 amide bonds. The van der Waals surface area contributed by atoms with E-state index in [9.17, 15) is 14.7 Å². The van der Waals surface area contributed by atoms with Crippen LogP contribution in [0, 0.1) is 0 Å². The lowest BCUT2D eigenvalue weighted by molar-refractivity contribution is -0.110. The summed E-state index contributed by atoms with van der Waals surface area (Å²) in [6, 6.07) is 3.01. The van der Waals surface area contributed by atoms with Gasteiger partial charge < -0.3 is 9.84 Å². The number of hydrogen-bond donors (Lipinski definition) is 1. The molecule has 0 radical (unpaired) electrons. The van der Waals surface area contributed by atoms with Crippen molar-refractivity contribution in [3.8, 4) is 11.5 Å². The molecule has 1 aliphatic carbocycles. The molecule has 4 heteroatoms. The molecule has 1 spiro atoms. The summed E-state index contributed by atoms with van der Waals surface area (Å²) in [7, 11) is 0. The largest absolute Gasteiger partial charge is 0.504 e. The molecular formula is C15H12O4. The van der Waals surface area contributed by atoms with Gasteiger partial charge in [0.1, 0.15) is 0 Å². The molecule has 1 aromatic carbocycles. The van der Waals surface area contributed by atoms with Gasteiger partial charge in [0, 0.05) is 16.5 Å². The third kappa shape index (κ3) is 1.68. The van der Waals surface area contributed by atoms with E-state index in [4.69, 9.17) is 4.74 Å². The number of phenolic OH excluding ortho intramolecular Hbond substituents is 1. The zero-order valence-corrected chi connectivity index (χ0v) is 10.1. The predicted octanol–water partition coefficient (Wildman–Crippen LogP) is 1.92. The number of aldehydes is 1. The van der Waals surface area contributed by atoms with Crippen molar-refractivity contribution in [3.63, 3.8) is 0 Å². The van der Waals surface area contributed by atoms with Crippen molar-refractivity contribution in [2.75, 3.05) is 6.61 Å². The summed E-state index contributed by atoms with van der Waals surface area (Å²) in [5.41, 5.74) is 0.557. The SMILES string of the molecule is O=Cc1ccc(O)c2c1C1(C=CC(=O)C=C1)CCO2. The van der Waals surface area contributed by atoms with Gasteiger partial charge in [-0.3, -0.25) is 9.59 Å². The minimum absolute atomic E-state index is 0.0124. The summed E-state index contributed by atoms with van der Waals surface area (Å²) >= 11 is 0. The minimum atomic E-state index is -0.545. The van der Waals surface area contributed by atoms with Crippen LogP contribution in [0.3, 0.4) is 0 Å². The Bertz CT molecular complexity index is 609. The van der Waals surface area contributed by atoms with Crippen molar-refractivity contribution in [1.29, 1.82) is 0 Å². The highest BCUT2D eigenvalue weighted by Gasteiger charge is 2.38. The van der Waals surface area contributed by atoms with Gasteiger partial charge in [0.05, 0.1) is 6.61 Å². The molecule has 3 rings (SSSR count). The number of benzene rings is 1. The van der Waals surface area contributed by atoms with Crippen LogP contribution < -0.4 is 4.74 Å². The molecule has 19 heavy (non-hydrogen) atoms. The number of carbonyl (C=O) groups excluding carboxylic acids is 2. The third-order valence-corrected chi connectivity index (χ3v) is 3.61. The van der Waals surface area contributed by atoms with Crippen LogP contribution >= 0.6 is 0 Å². The fourth-order valence-corrected chi connectivity index (χ4v) is 2.66. The molecule has 0 atom stereocenters. The molecule has 0 unspecified atom stereocenters. The molecule has 0 aromatic heterocycles. The Morgan fingerprint density at radius 1 is 1.26 bits per heavy atom. The monoisotopic (exact) mass is 256 g/mol. The number of phenols is 1. The second kappa shape index (κ2) is 4.09. The van der Waals surface area contributed by atoms with Crippen molar-refractivity contribution in [1.82, 2.24) is 0 Å². The second-order valence-corrected chi connectivity index (χ2v) is 4.70. The Morgan fingerprint density at radius 3 is 2.68 bits per heavy atom. The van der Waals surface area contributed by atoms with Gasteiger partial charge in [-0.05, 0) is 30.7 Å². The highest BCUT2D eigenvalue weighted by molar-refractivity contribution is 6.01. The fourth-order valence-electron chi connectivity index (χ4n) is 2.66.